The average Bonchev–Trinajstić information content (AvgIpc) is 2.82. The lowest BCUT2D eigenvalue weighted by Crippen LogP contribution is -2.29. The number of aryl methyl sites for hydroxylation is 1. The van der Waals surface area contributed by atoms with Crippen LogP contribution in [0.3, 0.4) is 0 Å². The molecule has 1 aliphatic carbocycles. The highest BCUT2D eigenvalue weighted by Gasteiger charge is 2.16. The molecule has 0 bridgehead atoms. The molecule has 1 amide bonds. The van der Waals surface area contributed by atoms with Crippen molar-refractivity contribution in [3.8, 4) is 0 Å². The van der Waals surface area contributed by atoms with Crippen LogP contribution in [0.2, 0.25) is 0 Å². The minimum absolute atomic E-state index is 0.0637. The molecule has 3 nitrogen and oxygen atoms in total. The summed E-state index contributed by atoms with van der Waals surface area (Å²) in [5.74, 6) is -0.0637. The molecule has 1 N–H and O–H groups in total. The van der Waals surface area contributed by atoms with E-state index in [1.54, 1.807) is 0 Å². The quantitative estimate of drug-likeness (QED) is 0.811. The number of hydroxylamine groups is 1. The van der Waals surface area contributed by atoms with Crippen molar-refractivity contribution in [3.63, 3.8) is 0 Å². The number of rotatable bonds is 4. The molecule has 1 saturated carbocycles. The molecular weight excluding hydrogens is 214 g/mol. The van der Waals surface area contributed by atoms with Crippen molar-refractivity contribution < 1.29 is 9.63 Å². The first kappa shape index (κ1) is 12.1. The summed E-state index contributed by atoms with van der Waals surface area (Å²) >= 11 is 0. The zero-order chi connectivity index (χ0) is 12.1. The number of benzene rings is 1. The van der Waals surface area contributed by atoms with E-state index >= 15 is 0 Å². The van der Waals surface area contributed by atoms with Gasteiger partial charge in [-0.3, -0.25) is 9.63 Å². The van der Waals surface area contributed by atoms with E-state index in [2.05, 4.69) is 5.48 Å². The van der Waals surface area contributed by atoms with Crippen LogP contribution in [0.5, 0.6) is 0 Å². The van der Waals surface area contributed by atoms with Crippen LogP contribution in [0.25, 0.3) is 0 Å². The smallest absolute Gasteiger partial charge is 0.247 e. The third kappa shape index (κ3) is 3.56. The Morgan fingerprint density at radius 2 is 2.06 bits per heavy atom. The minimum Gasteiger partial charge on any atom is -0.272 e. The number of amides is 1. The van der Waals surface area contributed by atoms with Crippen LogP contribution in [-0.4, -0.2) is 12.0 Å². The van der Waals surface area contributed by atoms with Crippen molar-refractivity contribution in [1.29, 1.82) is 0 Å². The average molecular weight is 233 g/mol. The van der Waals surface area contributed by atoms with Crippen LogP contribution in [0.1, 0.15) is 36.8 Å². The van der Waals surface area contributed by atoms with Gasteiger partial charge in [0, 0.05) is 0 Å². The maximum Gasteiger partial charge on any atom is 0.247 e. The second-order valence-electron chi connectivity index (χ2n) is 4.65. The molecule has 2 rings (SSSR count). The van der Waals surface area contributed by atoms with Gasteiger partial charge in [0.2, 0.25) is 5.91 Å². The molecule has 17 heavy (non-hydrogen) atoms. The molecule has 0 aromatic heterocycles. The van der Waals surface area contributed by atoms with E-state index in [0.717, 1.165) is 24.0 Å². The fourth-order valence-electron chi connectivity index (χ4n) is 2.17. The molecule has 0 heterocycles. The Balaban J connectivity index is 1.79. The molecule has 0 aliphatic heterocycles. The summed E-state index contributed by atoms with van der Waals surface area (Å²) in [7, 11) is 0. The third-order valence-electron chi connectivity index (χ3n) is 3.25. The van der Waals surface area contributed by atoms with E-state index in [1.807, 2.05) is 31.2 Å². The maximum atomic E-state index is 11.7. The van der Waals surface area contributed by atoms with Gasteiger partial charge in [-0.25, -0.2) is 5.48 Å². The van der Waals surface area contributed by atoms with Crippen molar-refractivity contribution in [2.24, 2.45) is 0 Å². The first-order valence-corrected chi connectivity index (χ1v) is 6.24. The molecule has 1 aromatic carbocycles. The van der Waals surface area contributed by atoms with Crippen molar-refractivity contribution in [2.75, 3.05) is 0 Å². The molecule has 1 aliphatic rings. The molecule has 0 unspecified atom stereocenters. The van der Waals surface area contributed by atoms with Gasteiger partial charge in [-0.2, -0.15) is 0 Å². The zero-order valence-electron chi connectivity index (χ0n) is 10.2. The van der Waals surface area contributed by atoms with Gasteiger partial charge in [0.05, 0.1) is 12.5 Å². The van der Waals surface area contributed by atoms with Gasteiger partial charge in [-0.05, 0) is 30.9 Å². The van der Waals surface area contributed by atoms with Gasteiger partial charge in [-0.1, -0.05) is 37.1 Å². The second kappa shape index (κ2) is 5.82. The van der Waals surface area contributed by atoms with E-state index in [9.17, 15) is 4.79 Å². The lowest BCUT2D eigenvalue weighted by atomic mass is 10.1. The Hall–Kier alpha value is -1.35. The number of carbonyl (C=O) groups excluding carboxylic acids is 1. The van der Waals surface area contributed by atoms with Gasteiger partial charge in [0.1, 0.15) is 0 Å². The summed E-state index contributed by atoms with van der Waals surface area (Å²) in [6, 6.07) is 7.92. The second-order valence-corrected chi connectivity index (χ2v) is 4.65. The fourth-order valence-corrected chi connectivity index (χ4v) is 2.17. The molecule has 1 fully saturated rings. The highest BCUT2D eigenvalue weighted by molar-refractivity contribution is 5.77. The SMILES string of the molecule is Cc1ccccc1CC(=O)NOC1CCCC1. The molecule has 0 saturated heterocycles. The Bertz CT molecular complexity index is 384. The largest absolute Gasteiger partial charge is 0.272 e. The Morgan fingerprint density at radius 1 is 1.35 bits per heavy atom. The van der Waals surface area contributed by atoms with Crippen LogP contribution in [0, 0.1) is 6.92 Å². The van der Waals surface area contributed by atoms with Crippen LogP contribution >= 0.6 is 0 Å². The fraction of sp³-hybridized carbons (Fsp3) is 0.500. The van der Waals surface area contributed by atoms with E-state index in [-0.39, 0.29) is 12.0 Å². The maximum absolute atomic E-state index is 11.7. The molecule has 92 valence electrons. The summed E-state index contributed by atoms with van der Waals surface area (Å²) in [5.41, 5.74) is 4.76. The van der Waals surface area contributed by atoms with Gasteiger partial charge in [-0.15, -0.1) is 0 Å². The van der Waals surface area contributed by atoms with E-state index < -0.39 is 0 Å². The first-order valence-electron chi connectivity index (χ1n) is 6.24. The van der Waals surface area contributed by atoms with Crippen molar-refractivity contribution in [1.82, 2.24) is 5.48 Å². The van der Waals surface area contributed by atoms with Crippen LogP contribution in [0.4, 0.5) is 0 Å². The number of nitrogens with one attached hydrogen (secondary N) is 1. The Kier molecular flexibility index (Phi) is 4.15. The molecule has 3 heteroatoms. The Morgan fingerprint density at radius 3 is 2.76 bits per heavy atom. The zero-order valence-corrected chi connectivity index (χ0v) is 10.2. The molecule has 0 atom stereocenters. The molecular formula is C14H19NO2. The monoisotopic (exact) mass is 233 g/mol. The van der Waals surface area contributed by atoms with Gasteiger partial charge >= 0.3 is 0 Å². The summed E-state index contributed by atoms with van der Waals surface area (Å²) in [6.07, 6.45) is 5.14. The van der Waals surface area contributed by atoms with E-state index in [4.69, 9.17) is 4.84 Å². The topological polar surface area (TPSA) is 38.3 Å². The van der Waals surface area contributed by atoms with Crippen LogP contribution in [-0.2, 0) is 16.1 Å². The molecule has 0 radical (unpaired) electrons. The Labute approximate surface area is 102 Å². The predicted molar refractivity (Wildman–Crippen MR) is 66.4 cm³/mol. The van der Waals surface area contributed by atoms with Crippen LogP contribution < -0.4 is 5.48 Å². The van der Waals surface area contributed by atoms with Crippen molar-refractivity contribution >= 4 is 5.91 Å². The highest BCUT2D eigenvalue weighted by Crippen LogP contribution is 2.19. The summed E-state index contributed by atoms with van der Waals surface area (Å²) in [4.78, 5) is 17.1. The van der Waals surface area contributed by atoms with Crippen molar-refractivity contribution in [2.45, 2.75) is 45.1 Å². The van der Waals surface area contributed by atoms with E-state index in [0.29, 0.717) is 6.42 Å². The predicted octanol–water partition coefficient (Wildman–Crippen LogP) is 2.53. The van der Waals surface area contributed by atoms with Crippen molar-refractivity contribution in [3.05, 3.63) is 35.4 Å². The van der Waals surface area contributed by atoms with Gasteiger partial charge in [0.15, 0.2) is 0 Å². The standard InChI is InChI=1S/C14H19NO2/c1-11-6-2-3-7-12(11)10-14(16)15-17-13-8-4-5-9-13/h2-3,6-7,13H,4-5,8-10H2,1H3,(H,15,16). The molecule has 1 aromatic rings. The number of hydrogen-bond donors (Lipinski definition) is 1. The lowest BCUT2D eigenvalue weighted by molar-refractivity contribution is -0.137. The lowest BCUT2D eigenvalue weighted by Gasteiger charge is -2.11. The first-order chi connectivity index (χ1) is 8.25. The number of carbonyl (C=O) groups is 1. The van der Waals surface area contributed by atoms with Gasteiger partial charge < -0.3 is 0 Å². The summed E-state index contributed by atoms with van der Waals surface area (Å²) in [6.45, 7) is 2.01. The van der Waals surface area contributed by atoms with Gasteiger partial charge in [0.25, 0.3) is 0 Å². The number of hydrogen-bond acceptors (Lipinski definition) is 2. The minimum atomic E-state index is -0.0637. The third-order valence-corrected chi connectivity index (χ3v) is 3.25. The highest BCUT2D eigenvalue weighted by atomic mass is 16.7. The normalized spacial score (nSPS) is 16.1. The molecule has 0 spiro atoms. The summed E-state index contributed by atoms with van der Waals surface area (Å²) < 4.78 is 0. The van der Waals surface area contributed by atoms with E-state index in [1.165, 1.54) is 12.8 Å². The van der Waals surface area contributed by atoms with Crippen LogP contribution in [0.15, 0.2) is 24.3 Å². The summed E-state index contributed by atoms with van der Waals surface area (Å²) in [5, 5.41) is 0.